The predicted molar refractivity (Wildman–Crippen MR) is 47.8 cm³/mol. The lowest BCUT2D eigenvalue weighted by molar-refractivity contribution is 1.46. The number of rotatable bonds is 2. The summed E-state index contributed by atoms with van der Waals surface area (Å²) in [6.45, 7) is 0. The standard InChI is InChI=1S/C7H6Cl2S/c8-7(9)10-6-4-2-1-3-5-6/h1-5,7H/i7+1. The van der Waals surface area contributed by atoms with E-state index in [1.165, 1.54) is 11.8 Å². The van der Waals surface area contributed by atoms with Crippen molar-refractivity contribution in [1.82, 2.24) is 0 Å². The summed E-state index contributed by atoms with van der Waals surface area (Å²) < 4.78 is -0.373. The van der Waals surface area contributed by atoms with Gasteiger partial charge in [0.1, 0.15) is 0 Å². The molecule has 10 heavy (non-hydrogen) atoms. The minimum absolute atomic E-state index is 0.373. The van der Waals surface area contributed by atoms with Gasteiger partial charge >= 0.3 is 0 Å². The van der Waals surface area contributed by atoms with Gasteiger partial charge in [0.2, 0.25) is 0 Å². The SMILES string of the molecule is Cl[13CH](Cl)Sc1ccccc1. The van der Waals surface area contributed by atoms with Gasteiger partial charge in [0.25, 0.3) is 0 Å². The quantitative estimate of drug-likeness (QED) is 0.394. The van der Waals surface area contributed by atoms with E-state index in [2.05, 4.69) is 0 Å². The molecule has 0 N–H and O–H groups in total. The average Bonchev–Trinajstić information content (AvgIpc) is 1.88. The van der Waals surface area contributed by atoms with Crippen LogP contribution in [0.25, 0.3) is 0 Å². The van der Waals surface area contributed by atoms with Gasteiger partial charge in [0, 0.05) is 4.90 Å². The lowest BCUT2D eigenvalue weighted by Crippen LogP contribution is -1.75. The Labute approximate surface area is 74.5 Å². The fraction of sp³-hybridized carbons (Fsp3) is 0.143. The number of benzene rings is 1. The molecule has 0 aliphatic rings. The molecule has 0 radical (unpaired) electrons. The van der Waals surface area contributed by atoms with Gasteiger partial charge in [-0.15, -0.1) is 0 Å². The van der Waals surface area contributed by atoms with Crippen LogP contribution in [0.2, 0.25) is 0 Å². The molecule has 1 aromatic carbocycles. The molecule has 1 aromatic rings. The van der Waals surface area contributed by atoms with Gasteiger partial charge in [-0.1, -0.05) is 53.2 Å². The van der Waals surface area contributed by atoms with Gasteiger partial charge in [-0.2, -0.15) is 0 Å². The largest absolute Gasteiger partial charge is 0.157 e. The van der Waals surface area contributed by atoms with E-state index in [1.807, 2.05) is 30.3 Å². The maximum Gasteiger partial charge on any atom is 0.157 e. The first-order chi connectivity index (χ1) is 4.79. The first-order valence-corrected chi connectivity index (χ1v) is 4.54. The van der Waals surface area contributed by atoms with Crippen LogP contribution in [-0.2, 0) is 0 Å². The third-order valence-electron chi connectivity index (χ3n) is 0.968. The molecule has 0 aromatic heterocycles. The van der Waals surface area contributed by atoms with Crippen molar-refractivity contribution in [2.24, 2.45) is 0 Å². The van der Waals surface area contributed by atoms with E-state index in [4.69, 9.17) is 23.2 Å². The topological polar surface area (TPSA) is 0 Å². The fourth-order valence-corrected chi connectivity index (χ4v) is 1.74. The third kappa shape index (κ3) is 2.82. The van der Waals surface area contributed by atoms with Crippen LogP contribution in [-0.4, -0.2) is 4.17 Å². The molecule has 0 aliphatic heterocycles. The van der Waals surface area contributed by atoms with Crippen molar-refractivity contribution in [3.63, 3.8) is 0 Å². The molecule has 0 atom stereocenters. The second-order valence-electron chi connectivity index (χ2n) is 1.69. The van der Waals surface area contributed by atoms with Crippen LogP contribution < -0.4 is 0 Å². The summed E-state index contributed by atoms with van der Waals surface area (Å²) >= 11 is 12.5. The fourth-order valence-electron chi connectivity index (χ4n) is 0.602. The predicted octanol–water partition coefficient (Wildman–Crippen LogP) is 3.54. The Hall–Kier alpha value is 0.150. The van der Waals surface area contributed by atoms with E-state index in [-0.39, 0.29) is 4.17 Å². The molecule has 3 heteroatoms. The molecule has 0 unspecified atom stereocenters. The summed E-state index contributed by atoms with van der Waals surface area (Å²) in [5.41, 5.74) is 0. The van der Waals surface area contributed by atoms with E-state index in [1.54, 1.807) is 0 Å². The molecule has 1 rings (SSSR count). The normalized spacial score (nSPS) is 10.3. The highest BCUT2D eigenvalue weighted by atomic mass is 35.5. The summed E-state index contributed by atoms with van der Waals surface area (Å²) in [4.78, 5) is 1.09. The van der Waals surface area contributed by atoms with Crippen LogP contribution in [0, 0.1) is 0 Å². The number of halogens is 2. The molecule has 0 fully saturated rings. The van der Waals surface area contributed by atoms with Gasteiger partial charge in [0.15, 0.2) is 4.17 Å². The summed E-state index contributed by atoms with van der Waals surface area (Å²) in [5.74, 6) is 0. The van der Waals surface area contributed by atoms with Crippen LogP contribution in [0.1, 0.15) is 0 Å². The lowest BCUT2D eigenvalue weighted by atomic mass is 10.4. The Bertz CT molecular complexity index is 186. The van der Waals surface area contributed by atoms with Crippen molar-refractivity contribution in [3.8, 4) is 0 Å². The zero-order chi connectivity index (χ0) is 7.40. The molecular weight excluding hydrogens is 188 g/mol. The van der Waals surface area contributed by atoms with Crippen molar-refractivity contribution in [1.29, 1.82) is 0 Å². The smallest absolute Gasteiger partial charge is 0.0928 e. The number of hydrogen-bond donors (Lipinski definition) is 0. The number of hydrogen-bond acceptors (Lipinski definition) is 1. The van der Waals surface area contributed by atoms with Crippen molar-refractivity contribution >= 4 is 35.0 Å². The Morgan fingerprint density at radius 1 is 1.10 bits per heavy atom. The van der Waals surface area contributed by atoms with Crippen LogP contribution in [0.3, 0.4) is 0 Å². The zero-order valence-electron chi connectivity index (χ0n) is 5.13. The van der Waals surface area contributed by atoms with Gasteiger partial charge in [-0.3, -0.25) is 0 Å². The first kappa shape index (κ1) is 8.25. The van der Waals surface area contributed by atoms with Crippen molar-refractivity contribution in [2.75, 3.05) is 0 Å². The van der Waals surface area contributed by atoms with Crippen molar-refractivity contribution in [3.05, 3.63) is 30.3 Å². The minimum Gasteiger partial charge on any atom is -0.0928 e. The summed E-state index contributed by atoms with van der Waals surface area (Å²) in [6.07, 6.45) is 0. The van der Waals surface area contributed by atoms with E-state index < -0.39 is 0 Å². The second-order valence-corrected chi connectivity index (χ2v) is 4.48. The maximum absolute atomic E-state index is 5.54. The van der Waals surface area contributed by atoms with Crippen molar-refractivity contribution < 1.29 is 0 Å². The first-order valence-electron chi connectivity index (χ1n) is 2.79. The summed E-state index contributed by atoms with van der Waals surface area (Å²) in [5, 5.41) is 0. The van der Waals surface area contributed by atoms with Crippen LogP contribution in [0.15, 0.2) is 35.2 Å². The van der Waals surface area contributed by atoms with Crippen LogP contribution >= 0.6 is 35.0 Å². The lowest BCUT2D eigenvalue weighted by Gasteiger charge is -1.98. The number of thioether (sulfide) groups is 1. The maximum atomic E-state index is 5.54. The molecule has 0 saturated carbocycles. The zero-order valence-corrected chi connectivity index (χ0v) is 7.46. The van der Waals surface area contributed by atoms with E-state index >= 15 is 0 Å². The third-order valence-corrected chi connectivity index (χ3v) is 2.23. The highest BCUT2D eigenvalue weighted by molar-refractivity contribution is 8.02. The number of alkyl halides is 2. The average molecular weight is 194 g/mol. The highest BCUT2D eigenvalue weighted by Crippen LogP contribution is 2.27. The minimum atomic E-state index is -0.373. The van der Waals surface area contributed by atoms with Gasteiger partial charge < -0.3 is 0 Å². The Kier molecular flexibility index (Phi) is 3.40. The van der Waals surface area contributed by atoms with Crippen LogP contribution in [0.4, 0.5) is 0 Å². The highest BCUT2D eigenvalue weighted by Gasteiger charge is 1.98. The van der Waals surface area contributed by atoms with Gasteiger partial charge in [0.05, 0.1) is 0 Å². The Morgan fingerprint density at radius 2 is 1.70 bits per heavy atom. The molecular formula is C7H6Cl2S. The molecule has 0 saturated heterocycles. The molecule has 0 amide bonds. The monoisotopic (exact) mass is 193 g/mol. The molecule has 0 bridgehead atoms. The molecule has 0 spiro atoms. The Morgan fingerprint density at radius 3 is 2.20 bits per heavy atom. The Balaban J connectivity index is 2.59. The second kappa shape index (κ2) is 4.12. The molecule has 0 aliphatic carbocycles. The van der Waals surface area contributed by atoms with Crippen LogP contribution in [0.5, 0.6) is 0 Å². The van der Waals surface area contributed by atoms with Gasteiger partial charge in [-0.25, -0.2) is 0 Å². The van der Waals surface area contributed by atoms with Gasteiger partial charge in [-0.05, 0) is 12.1 Å². The molecule has 0 nitrogen and oxygen atoms in total. The molecule has 54 valence electrons. The summed E-state index contributed by atoms with van der Waals surface area (Å²) in [7, 11) is 0. The van der Waals surface area contributed by atoms with E-state index in [0.717, 1.165) is 4.90 Å². The van der Waals surface area contributed by atoms with E-state index in [0.29, 0.717) is 0 Å². The summed E-state index contributed by atoms with van der Waals surface area (Å²) in [6, 6.07) is 9.82. The molecule has 0 heterocycles. The van der Waals surface area contributed by atoms with E-state index in [9.17, 15) is 0 Å². The van der Waals surface area contributed by atoms with Crippen molar-refractivity contribution in [2.45, 2.75) is 9.06 Å².